The summed E-state index contributed by atoms with van der Waals surface area (Å²) in [5, 5.41) is 10.5. The minimum absolute atomic E-state index is 0.00611. The van der Waals surface area contributed by atoms with Gasteiger partial charge in [0.15, 0.2) is 0 Å². The van der Waals surface area contributed by atoms with Crippen LogP contribution in [0.5, 0.6) is 0 Å². The smallest absolute Gasteiger partial charge is 0.324 e. The Morgan fingerprint density at radius 3 is 2.81 bits per heavy atom. The molecule has 8 heteroatoms. The van der Waals surface area contributed by atoms with Crippen LogP contribution in [0.25, 0.3) is 6.08 Å². The van der Waals surface area contributed by atoms with Crippen LogP contribution in [0.2, 0.25) is 5.02 Å². The van der Waals surface area contributed by atoms with Crippen LogP contribution in [-0.2, 0) is 19.6 Å². The van der Waals surface area contributed by atoms with Crippen LogP contribution in [0.3, 0.4) is 0 Å². The second kappa shape index (κ2) is 6.57. The van der Waals surface area contributed by atoms with Crippen molar-refractivity contribution < 1.29 is 23.1 Å². The standard InChI is InChI=1S/C13H14ClNO5S/c14-11-4-2-1-3-10(11)5-8-21(18,19)15-6-7-20-9-12(15)13(16)17/h1-5,8,12H,6-7,9H2,(H,16,17). The van der Waals surface area contributed by atoms with E-state index < -0.39 is 22.0 Å². The number of rotatable bonds is 4. The molecule has 1 N–H and O–H groups in total. The van der Waals surface area contributed by atoms with Gasteiger partial charge in [0.05, 0.1) is 13.2 Å². The summed E-state index contributed by atoms with van der Waals surface area (Å²) >= 11 is 5.94. The molecule has 1 aliphatic heterocycles. The number of morpholine rings is 1. The molecule has 1 atom stereocenters. The molecule has 0 aromatic heterocycles. The lowest BCUT2D eigenvalue weighted by atomic mass is 10.2. The van der Waals surface area contributed by atoms with E-state index in [-0.39, 0.29) is 19.8 Å². The maximum atomic E-state index is 12.3. The Morgan fingerprint density at radius 1 is 1.43 bits per heavy atom. The van der Waals surface area contributed by atoms with Gasteiger partial charge in [0.2, 0.25) is 10.0 Å². The first kappa shape index (κ1) is 16.0. The first-order valence-corrected chi connectivity index (χ1v) is 8.05. The predicted octanol–water partition coefficient (Wildman–Crippen LogP) is 1.43. The van der Waals surface area contributed by atoms with Crippen molar-refractivity contribution in [2.75, 3.05) is 19.8 Å². The summed E-state index contributed by atoms with van der Waals surface area (Å²) < 4.78 is 30.5. The summed E-state index contributed by atoms with van der Waals surface area (Å²) in [6.45, 7) is 0.0175. The normalized spacial score (nSPS) is 20.7. The zero-order valence-corrected chi connectivity index (χ0v) is 12.5. The van der Waals surface area contributed by atoms with Crippen molar-refractivity contribution in [3.8, 4) is 0 Å². The van der Waals surface area contributed by atoms with Gasteiger partial charge in [0, 0.05) is 17.0 Å². The fraction of sp³-hybridized carbons (Fsp3) is 0.308. The van der Waals surface area contributed by atoms with E-state index in [1.807, 2.05) is 0 Å². The lowest BCUT2D eigenvalue weighted by Gasteiger charge is -2.30. The second-order valence-corrected chi connectivity index (χ2v) is 6.59. The van der Waals surface area contributed by atoms with Crippen LogP contribution in [0.15, 0.2) is 29.7 Å². The van der Waals surface area contributed by atoms with Crippen LogP contribution >= 0.6 is 11.6 Å². The van der Waals surface area contributed by atoms with E-state index in [0.717, 1.165) is 9.71 Å². The van der Waals surface area contributed by atoms with Gasteiger partial charge in [-0.2, -0.15) is 4.31 Å². The number of carboxylic acid groups (broad SMARTS) is 1. The van der Waals surface area contributed by atoms with Crippen molar-refractivity contribution in [1.29, 1.82) is 0 Å². The Bertz CT molecular complexity index is 658. The van der Waals surface area contributed by atoms with E-state index in [1.165, 1.54) is 6.08 Å². The van der Waals surface area contributed by atoms with E-state index in [2.05, 4.69) is 0 Å². The first-order chi connectivity index (χ1) is 9.92. The Kier molecular flexibility index (Phi) is 5.00. The van der Waals surface area contributed by atoms with Gasteiger partial charge in [-0.3, -0.25) is 4.79 Å². The highest BCUT2D eigenvalue weighted by Crippen LogP contribution is 2.19. The molecule has 6 nitrogen and oxygen atoms in total. The number of benzene rings is 1. The molecule has 1 heterocycles. The quantitative estimate of drug-likeness (QED) is 0.902. The molecule has 1 saturated heterocycles. The molecule has 1 aromatic rings. The number of carboxylic acids is 1. The first-order valence-electron chi connectivity index (χ1n) is 6.17. The van der Waals surface area contributed by atoms with E-state index in [4.69, 9.17) is 21.4 Å². The number of hydrogen-bond donors (Lipinski definition) is 1. The number of hydrogen-bond acceptors (Lipinski definition) is 4. The van der Waals surface area contributed by atoms with Gasteiger partial charge in [0.25, 0.3) is 0 Å². The SMILES string of the molecule is O=C(O)C1COCCN1S(=O)(=O)C=Cc1ccccc1Cl. The van der Waals surface area contributed by atoms with Crippen molar-refractivity contribution in [3.63, 3.8) is 0 Å². The summed E-state index contributed by atoms with van der Waals surface area (Å²) in [5.74, 6) is -1.23. The molecule has 2 rings (SSSR count). The minimum Gasteiger partial charge on any atom is -0.480 e. The molecular weight excluding hydrogens is 318 g/mol. The Hall–Kier alpha value is -1.41. The maximum Gasteiger partial charge on any atom is 0.324 e. The van der Waals surface area contributed by atoms with E-state index in [0.29, 0.717) is 10.6 Å². The summed E-state index contributed by atoms with van der Waals surface area (Å²) in [7, 11) is -3.86. The van der Waals surface area contributed by atoms with Gasteiger partial charge in [0.1, 0.15) is 6.04 Å². The highest BCUT2D eigenvalue weighted by atomic mass is 35.5. The molecule has 0 bridgehead atoms. The molecule has 114 valence electrons. The third-order valence-corrected chi connectivity index (χ3v) is 4.93. The highest BCUT2D eigenvalue weighted by Gasteiger charge is 2.36. The molecule has 0 amide bonds. The van der Waals surface area contributed by atoms with Gasteiger partial charge in [-0.05, 0) is 17.7 Å². The third-order valence-electron chi connectivity index (χ3n) is 3.02. The number of aliphatic carboxylic acids is 1. The van der Waals surface area contributed by atoms with Gasteiger partial charge in [-0.1, -0.05) is 29.8 Å². The Balaban J connectivity index is 2.25. The van der Waals surface area contributed by atoms with Crippen molar-refractivity contribution in [3.05, 3.63) is 40.3 Å². The third kappa shape index (κ3) is 3.82. The van der Waals surface area contributed by atoms with E-state index in [1.54, 1.807) is 24.3 Å². The predicted molar refractivity (Wildman–Crippen MR) is 78.4 cm³/mol. The van der Waals surface area contributed by atoms with Gasteiger partial charge in [-0.15, -0.1) is 0 Å². The molecule has 0 saturated carbocycles. The Labute approximate surface area is 127 Å². The van der Waals surface area contributed by atoms with E-state index >= 15 is 0 Å². The van der Waals surface area contributed by atoms with Crippen LogP contribution in [0.4, 0.5) is 0 Å². The molecule has 0 radical (unpaired) electrons. The fourth-order valence-corrected chi connectivity index (χ4v) is 3.44. The molecule has 1 aromatic carbocycles. The molecule has 1 unspecified atom stereocenters. The zero-order valence-electron chi connectivity index (χ0n) is 11.0. The fourth-order valence-electron chi connectivity index (χ4n) is 1.94. The molecule has 0 aliphatic carbocycles. The monoisotopic (exact) mass is 331 g/mol. The summed E-state index contributed by atoms with van der Waals surface area (Å²) in [5.41, 5.74) is 0.544. The number of carbonyl (C=O) groups is 1. The lowest BCUT2D eigenvalue weighted by Crippen LogP contribution is -2.51. The number of halogens is 1. The maximum absolute atomic E-state index is 12.3. The number of nitrogens with zero attached hydrogens (tertiary/aromatic N) is 1. The Morgan fingerprint density at radius 2 is 2.14 bits per heavy atom. The summed E-state index contributed by atoms with van der Waals surface area (Å²) in [6, 6.07) is 5.56. The van der Waals surface area contributed by atoms with Crippen molar-refractivity contribution in [1.82, 2.24) is 4.31 Å². The molecule has 1 fully saturated rings. The number of ether oxygens (including phenoxy) is 1. The van der Waals surface area contributed by atoms with Crippen LogP contribution in [0.1, 0.15) is 5.56 Å². The molecule has 21 heavy (non-hydrogen) atoms. The van der Waals surface area contributed by atoms with Crippen molar-refractivity contribution in [2.24, 2.45) is 0 Å². The van der Waals surface area contributed by atoms with Gasteiger partial charge >= 0.3 is 5.97 Å². The highest BCUT2D eigenvalue weighted by molar-refractivity contribution is 7.92. The average Bonchev–Trinajstić information content (AvgIpc) is 2.46. The zero-order chi connectivity index (χ0) is 15.5. The molecule has 0 spiro atoms. The number of sulfonamides is 1. The summed E-state index contributed by atoms with van der Waals surface area (Å²) in [6.07, 6.45) is 1.35. The minimum atomic E-state index is -3.86. The molecule has 1 aliphatic rings. The lowest BCUT2D eigenvalue weighted by molar-refractivity contribution is -0.145. The van der Waals surface area contributed by atoms with Crippen LogP contribution in [0, 0.1) is 0 Å². The van der Waals surface area contributed by atoms with Crippen LogP contribution < -0.4 is 0 Å². The second-order valence-electron chi connectivity index (χ2n) is 4.41. The van der Waals surface area contributed by atoms with E-state index in [9.17, 15) is 13.2 Å². The topological polar surface area (TPSA) is 83.9 Å². The molecular formula is C13H14ClNO5S. The van der Waals surface area contributed by atoms with Crippen LogP contribution in [-0.4, -0.2) is 49.6 Å². The van der Waals surface area contributed by atoms with Crippen molar-refractivity contribution in [2.45, 2.75) is 6.04 Å². The average molecular weight is 332 g/mol. The van der Waals surface area contributed by atoms with Gasteiger partial charge < -0.3 is 9.84 Å². The largest absolute Gasteiger partial charge is 0.480 e. The summed E-state index contributed by atoms with van der Waals surface area (Å²) in [4.78, 5) is 11.1. The van der Waals surface area contributed by atoms with Crippen molar-refractivity contribution >= 4 is 33.7 Å². The van der Waals surface area contributed by atoms with Gasteiger partial charge in [-0.25, -0.2) is 8.42 Å².